The van der Waals surface area contributed by atoms with Crippen LogP contribution >= 0.6 is 0 Å². The SMILES string of the molecule is C=C(C)/C(C)=C\C=C(/C)C/C(=N/C)NCC. The first-order valence-corrected chi connectivity index (χ1v) is 5.70. The zero-order valence-electron chi connectivity index (χ0n) is 11.2. The molecule has 0 atom stereocenters. The maximum absolute atomic E-state index is 4.21. The molecule has 0 bridgehead atoms. The number of hydrogen-bond donors (Lipinski definition) is 1. The summed E-state index contributed by atoms with van der Waals surface area (Å²) in [5, 5.41) is 3.24. The van der Waals surface area contributed by atoms with Gasteiger partial charge in [0.15, 0.2) is 0 Å². The molecule has 0 aromatic carbocycles. The van der Waals surface area contributed by atoms with Crippen molar-refractivity contribution in [2.75, 3.05) is 13.6 Å². The van der Waals surface area contributed by atoms with E-state index in [2.05, 4.69) is 49.8 Å². The van der Waals surface area contributed by atoms with Gasteiger partial charge in [0, 0.05) is 20.0 Å². The Bertz CT molecular complexity index is 320. The van der Waals surface area contributed by atoms with E-state index >= 15 is 0 Å². The van der Waals surface area contributed by atoms with Crippen LogP contribution in [0.5, 0.6) is 0 Å². The first-order valence-electron chi connectivity index (χ1n) is 5.70. The molecule has 0 aromatic heterocycles. The molecule has 0 aromatic rings. The first kappa shape index (κ1) is 14.7. The summed E-state index contributed by atoms with van der Waals surface area (Å²) in [4.78, 5) is 4.21. The summed E-state index contributed by atoms with van der Waals surface area (Å²) in [6, 6.07) is 0. The van der Waals surface area contributed by atoms with Gasteiger partial charge in [0.1, 0.15) is 0 Å². The lowest BCUT2D eigenvalue weighted by Gasteiger charge is -2.06. The fraction of sp³-hybridized carbons (Fsp3) is 0.500. The normalized spacial score (nSPS) is 13.9. The summed E-state index contributed by atoms with van der Waals surface area (Å²) in [5.41, 5.74) is 3.63. The molecule has 0 heterocycles. The molecular formula is C14H24N2. The van der Waals surface area contributed by atoms with Gasteiger partial charge in [-0.2, -0.15) is 0 Å². The van der Waals surface area contributed by atoms with Gasteiger partial charge in [0.2, 0.25) is 0 Å². The van der Waals surface area contributed by atoms with Crippen LogP contribution in [0.3, 0.4) is 0 Å². The maximum atomic E-state index is 4.21. The first-order chi connectivity index (χ1) is 7.51. The molecule has 0 saturated heterocycles. The lowest BCUT2D eigenvalue weighted by atomic mass is 10.1. The highest BCUT2D eigenvalue weighted by molar-refractivity contribution is 5.84. The van der Waals surface area contributed by atoms with Crippen LogP contribution < -0.4 is 5.32 Å². The average molecular weight is 220 g/mol. The fourth-order valence-corrected chi connectivity index (χ4v) is 1.16. The third-order valence-electron chi connectivity index (χ3n) is 2.39. The molecule has 0 aliphatic rings. The molecular weight excluding hydrogens is 196 g/mol. The minimum absolute atomic E-state index is 0.879. The Morgan fingerprint density at radius 2 is 1.88 bits per heavy atom. The van der Waals surface area contributed by atoms with Crippen molar-refractivity contribution in [3.05, 3.63) is 35.5 Å². The van der Waals surface area contributed by atoms with Crippen LogP contribution in [0.25, 0.3) is 0 Å². The van der Waals surface area contributed by atoms with Gasteiger partial charge in [-0.25, -0.2) is 0 Å². The zero-order chi connectivity index (χ0) is 12.6. The van der Waals surface area contributed by atoms with Gasteiger partial charge in [-0.3, -0.25) is 4.99 Å². The molecule has 0 rings (SSSR count). The van der Waals surface area contributed by atoms with Gasteiger partial charge in [-0.05, 0) is 33.3 Å². The van der Waals surface area contributed by atoms with Crippen LogP contribution in [0.2, 0.25) is 0 Å². The van der Waals surface area contributed by atoms with Crippen LogP contribution in [0.1, 0.15) is 34.1 Å². The van der Waals surface area contributed by atoms with E-state index in [1.54, 1.807) is 0 Å². The van der Waals surface area contributed by atoms with E-state index in [1.165, 1.54) is 11.1 Å². The summed E-state index contributed by atoms with van der Waals surface area (Å²) in [6.07, 6.45) is 5.12. The van der Waals surface area contributed by atoms with E-state index in [1.807, 2.05) is 14.0 Å². The van der Waals surface area contributed by atoms with Crippen molar-refractivity contribution in [3.63, 3.8) is 0 Å². The summed E-state index contributed by atoms with van der Waals surface area (Å²) >= 11 is 0. The second-order valence-corrected chi connectivity index (χ2v) is 4.02. The Morgan fingerprint density at radius 3 is 2.31 bits per heavy atom. The number of rotatable bonds is 5. The molecule has 0 aliphatic heterocycles. The van der Waals surface area contributed by atoms with Crippen molar-refractivity contribution in [3.8, 4) is 0 Å². The molecule has 0 radical (unpaired) electrons. The van der Waals surface area contributed by atoms with Crippen molar-refractivity contribution < 1.29 is 0 Å². The van der Waals surface area contributed by atoms with Crippen molar-refractivity contribution in [1.82, 2.24) is 5.32 Å². The number of aliphatic imine (C=N–C) groups is 1. The molecule has 0 saturated carbocycles. The zero-order valence-corrected chi connectivity index (χ0v) is 11.2. The lowest BCUT2D eigenvalue weighted by Crippen LogP contribution is -2.22. The molecule has 90 valence electrons. The van der Waals surface area contributed by atoms with Crippen LogP contribution in [-0.2, 0) is 0 Å². The van der Waals surface area contributed by atoms with Crippen LogP contribution in [-0.4, -0.2) is 19.4 Å². The minimum Gasteiger partial charge on any atom is -0.374 e. The van der Waals surface area contributed by atoms with Gasteiger partial charge in [0.25, 0.3) is 0 Å². The predicted molar refractivity (Wildman–Crippen MR) is 74.0 cm³/mol. The topological polar surface area (TPSA) is 24.4 Å². The quantitative estimate of drug-likeness (QED) is 0.428. The van der Waals surface area contributed by atoms with Gasteiger partial charge >= 0.3 is 0 Å². The molecule has 0 amide bonds. The van der Waals surface area contributed by atoms with Crippen molar-refractivity contribution in [2.45, 2.75) is 34.1 Å². The van der Waals surface area contributed by atoms with Gasteiger partial charge < -0.3 is 5.32 Å². The van der Waals surface area contributed by atoms with Crippen molar-refractivity contribution >= 4 is 5.84 Å². The summed E-state index contributed by atoms with van der Waals surface area (Å²) in [5.74, 6) is 1.04. The molecule has 2 nitrogen and oxygen atoms in total. The van der Waals surface area contributed by atoms with Gasteiger partial charge in [-0.1, -0.05) is 29.9 Å². The average Bonchev–Trinajstić information content (AvgIpc) is 2.24. The van der Waals surface area contributed by atoms with Crippen molar-refractivity contribution in [2.24, 2.45) is 4.99 Å². The molecule has 0 unspecified atom stereocenters. The Morgan fingerprint density at radius 1 is 1.25 bits per heavy atom. The number of amidine groups is 1. The molecule has 0 aliphatic carbocycles. The maximum Gasteiger partial charge on any atom is 0.1000 e. The third-order valence-corrected chi connectivity index (χ3v) is 2.39. The molecule has 2 heteroatoms. The monoisotopic (exact) mass is 220 g/mol. The Balaban J connectivity index is 4.46. The number of nitrogens with zero attached hydrogens (tertiary/aromatic N) is 1. The lowest BCUT2D eigenvalue weighted by molar-refractivity contribution is 0.934. The van der Waals surface area contributed by atoms with E-state index in [0.29, 0.717) is 0 Å². The van der Waals surface area contributed by atoms with E-state index in [9.17, 15) is 0 Å². The second-order valence-electron chi connectivity index (χ2n) is 4.02. The number of allylic oxidation sites excluding steroid dienone is 4. The Kier molecular flexibility index (Phi) is 7.27. The number of nitrogens with one attached hydrogen (secondary N) is 1. The summed E-state index contributed by atoms with van der Waals surface area (Å²) in [7, 11) is 1.82. The molecule has 16 heavy (non-hydrogen) atoms. The Labute approximate surface area is 99.9 Å². The van der Waals surface area contributed by atoms with E-state index in [4.69, 9.17) is 0 Å². The summed E-state index contributed by atoms with van der Waals surface area (Å²) in [6.45, 7) is 13.1. The smallest absolute Gasteiger partial charge is 0.1000 e. The Hall–Kier alpha value is -1.31. The van der Waals surface area contributed by atoms with E-state index in [0.717, 1.165) is 24.4 Å². The molecule has 0 fully saturated rings. The van der Waals surface area contributed by atoms with Crippen LogP contribution in [0.15, 0.2) is 40.4 Å². The minimum atomic E-state index is 0.879. The standard InChI is InChI=1S/C14H24N2/c1-7-16-14(15-6)10-12(4)8-9-13(5)11(2)3/h8-9H,2,7,10H2,1,3-6H3,(H,15,16)/b12-8+,13-9-. The van der Waals surface area contributed by atoms with Crippen LogP contribution in [0, 0.1) is 0 Å². The summed E-state index contributed by atoms with van der Waals surface area (Å²) < 4.78 is 0. The highest BCUT2D eigenvalue weighted by atomic mass is 15.0. The fourth-order valence-electron chi connectivity index (χ4n) is 1.16. The molecule has 0 spiro atoms. The highest BCUT2D eigenvalue weighted by Crippen LogP contribution is 2.07. The third kappa shape index (κ3) is 6.23. The van der Waals surface area contributed by atoms with Crippen LogP contribution in [0.4, 0.5) is 0 Å². The predicted octanol–water partition coefficient (Wildman–Crippen LogP) is 3.48. The molecule has 1 N–H and O–H groups in total. The van der Waals surface area contributed by atoms with E-state index < -0.39 is 0 Å². The highest BCUT2D eigenvalue weighted by Gasteiger charge is 1.97. The van der Waals surface area contributed by atoms with Gasteiger partial charge in [0.05, 0.1) is 5.84 Å². The largest absolute Gasteiger partial charge is 0.374 e. The second kappa shape index (κ2) is 7.91. The van der Waals surface area contributed by atoms with Gasteiger partial charge in [-0.15, -0.1) is 0 Å². The van der Waals surface area contributed by atoms with E-state index in [-0.39, 0.29) is 0 Å². The van der Waals surface area contributed by atoms with Crippen molar-refractivity contribution in [1.29, 1.82) is 0 Å². The number of hydrogen-bond acceptors (Lipinski definition) is 1.